The predicted octanol–water partition coefficient (Wildman–Crippen LogP) is 2.80. The van der Waals surface area contributed by atoms with Gasteiger partial charge < -0.3 is 10.1 Å². The first-order chi connectivity index (χ1) is 7.22. The van der Waals surface area contributed by atoms with Crippen molar-refractivity contribution in [3.63, 3.8) is 0 Å². The maximum Gasteiger partial charge on any atom is 0.119 e. The summed E-state index contributed by atoms with van der Waals surface area (Å²) in [5, 5.41) is 3.08. The molecule has 15 heavy (non-hydrogen) atoms. The molecular formula is C12H18ClNO. The lowest BCUT2D eigenvalue weighted by Gasteiger charge is -2.10. The topological polar surface area (TPSA) is 21.3 Å². The van der Waals surface area contributed by atoms with Gasteiger partial charge in [0, 0.05) is 6.54 Å². The van der Waals surface area contributed by atoms with Crippen LogP contribution in [-0.2, 0) is 6.42 Å². The molecule has 84 valence electrons. The van der Waals surface area contributed by atoms with Crippen LogP contribution in [-0.4, -0.2) is 18.7 Å². The average Bonchev–Trinajstić information content (AvgIpc) is 2.20. The highest BCUT2D eigenvalue weighted by Gasteiger charge is 1.97. The van der Waals surface area contributed by atoms with Crippen LogP contribution in [0.4, 0.5) is 0 Å². The van der Waals surface area contributed by atoms with Crippen molar-refractivity contribution in [2.45, 2.75) is 26.4 Å². The van der Waals surface area contributed by atoms with Crippen LogP contribution < -0.4 is 10.1 Å². The first-order valence-electron chi connectivity index (χ1n) is 5.24. The van der Waals surface area contributed by atoms with Gasteiger partial charge in [-0.05, 0) is 38.0 Å². The molecule has 0 saturated heterocycles. The van der Waals surface area contributed by atoms with Crippen LogP contribution in [0.5, 0.6) is 5.75 Å². The maximum absolute atomic E-state index is 5.56. The van der Waals surface area contributed by atoms with Crippen molar-refractivity contribution in [3.8, 4) is 5.75 Å². The van der Waals surface area contributed by atoms with Gasteiger partial charge in [-0.15, -0.1) is 11.6 Å². The monoisotopic (exact) mass is 227 g/mol. The van der Waals surface area contributed by atoms with Crippen LogP contribution in [0.2, 0.25) is 0 Å². The molecule has 1 aromatic carbocycles. The highest BCUT2D eigenvalue weighted by molar-refractivity contribution is 6.17. The van der Waals surface area contributed by atoms with Gasteiger partial charge >= 0.3 is 0 Å². The highest BCUT2D eigenvalue weighted by atomic mass is 35.5. The third-order valence-electron chi connectivity index (χ3n) is 1.98. The molecule has 0 atom stereocenters. The standard InChI is InChI=1S/C12H18ClNO/c1-10(2)15-12-5-3-11(4-6-12)7-8-14-9-13/h3-6,10,14H,7-9H2,1-2H3. The largest absolute Gasteiger partial charge is 0.491 e. The van der Waals surface area contributed by atoms with Crippen molar-refractivity contribution in [2.75, 3.05) is 12.5 Å². The molecule has 0 aliphatic rings. The summed E-state index contributed by atoms with van der Waals surface area (Å²) in [7, 11) is 0. The summed E-state index contributed by atoms with van der Waals surface area (Å²) in [6.45, 7) is 4.96. The third kappa shape index (κ3) is 5.05. The minimum absolute atomic E-state index is 0.230. The molecule has 1 aromatic rings. The fourth-order valence-electron chi connectivity index (χ4n) is 1.31. The Kier molecular flexibility index (Phi) is 5.51. The van der Waals surface area contributed by atoms with E-state index < -0.39 is 0 Å². The summed E-state index contributed by atoms with van der Waals surface area (Å²) < 4.78 is 5.56. The summed E-state index contributed by atoms with van der Waals surface area (Å²) in [6, 6.07) is 8.71. The van der Waals surface area contributed by atoms with Crippen LogP contribution in [0.3, 0.4) is 0 Å². The molecule has 0 bridgehead atoms. The zero-order valence-corrected chi connectivity index (χ0v) is 10.1. The molecule has 0 saturated carbocycles. The van der Waals surface area contributed by atoms with Crippen LogP contribution in [0.15, 0.2) is 24.3 Å². The van der Waals surface area contributed by atoms with Crippen LogP contribution >= 0.6 is 11.6 Å². The van der Waals surface area contributed by atoms with Gasteiger partial charge in [0.1, 0.15) is 5.75 Å². The van der Waals surface area contributed by atoms with Crippen molar-refractivity contribution in [1.82, 2.24) is 5.32 Å². The van der Waals surface area contributed by atoms with Crippen molar-refractivity contribution in [2.24, 2.45) is 0 Å². The second-order valence-corrected chi connectivity index (χ2v) is 3.96. The van der Waals surface area contributed by atoms with Crippen LogP contribution in [0.1, 0.15) is 19.4 Å². The van der Waals surface area contributed by atoms with E-state index in [9.17, 15) is 0 Å². The van der Waals surface area contributed by atoms with E-state index >= 15 is 0 Å². The number of ether oxygens (including phenoxy) is 1. The van der Waals surface area contributed by atoms with Crippen molar-refractivity contribution in [3.05, 3.63) is 29.8 Å². The van der Waals surface area contributed by atoms with Crippen LogP contribution in [0, 0.1) is 0 Å². The van der Waals surface area contributed by atoms with Crippen molar-refractivity contribution >= 4 is 11.6 Å². The van der Waals surface area contributed by atoms with Gasteiger partial charge in [-0.1, -0.05) is 12.1 Å². The Morgan fingerprint density at radius 1 is 1.27 bits per heavy atom. The molecule has 0 fully saturated rings. The Morgan fingerprint density at radius 3 is 2.47 bits per heavy atom. The third-order valence-corrected chi connectivity index (χ3v) is 2.17. The van der Waals surface area contributed by atoms with Gasteiger partial charge in [0.25, 0.3) is 0 Å². The fraction of sp³-hybridized carbons (Fsp3) is 0.500. The Morgan fingerprint density at radius 2 is 1.93 bits per heavy atom. The first kappa shape index (κ1) is 12.3. The van der Waals surface area contributed by atoms with E-state index in [4.69, 9.17) is 16.3 Å². The summed E-state index contributed by atoms with van der Waals surface area (Å²) >= 11 is 5.52. The fourth-order valence-corrected chi connectivity index (χ4v) is 1.44. The van der Waals surface area contributed by atoms with Crippen LogP contribution in [0.25, 0.3) is 0 Å². The molecular weight excluding hydrogens is 210 g/mol. The molecule has 0 spiro atoms. The molecule has 0 amide bonds. The van der Waals surface area contributed by atoms with Gasteiger partial charge in [-0.3, -0.25) is 0 Å². The molecule has 0 radical (unpaired) electrons. The number of benzene rings is 1. The number of alkyl halides is 1. The van der Waals surface area contributed by atoms with Gasteiger partial charge in [0.05, 0.1) is 12.1 Å². The zero-order chi connectivity index (χ0) is 11.1. The molecule has 0 aromatic heterocycles. The maximum atomic E-state index is 5.56. The van der Waals surface area contributed by atoms with E-state index in [0.29, 0.717) is 6.00 Å². The van der Waals surface area contributed by atoms with E-state index in [2.05, 4.69) is 17.4 Å². The SMILES string of the molecule is CC(C)Oc1ccc(CCNCCl)cc1. The van der Waals surface area contributed by atoms with Gasteiger partial charge in [0.15, 0.2) is 0 Å². The van der Waals surface area contributed by atoms with Gasteiger partial charge in [0.2, 0.25) is 0 Å². The average molecular weight is 228 g/mol. The normalized spacial score (nSPS) is 10.7. The highest BCUT2D eigenvalue weighted by Crippen LogP contribution is 2.13. The Labute approximate surface area is 96.6 Å². The van der Waals surface area contributed by atoms with Gasteiger partial charge in [-0.25, -0.2) is 0 Å². The van der Waals surface area contributed by atoms with Gasteiger partial charge in [-0.2, -0.15) is 0 Å². The molecule has 0 heterocycles. The predicted molar refractivity (Wildman–Crippen MR) is 64.6 cm³/mol. The Balaban J connectivity index is 2.42. The quantitative estimate of drug-likeness (QED) is 0.459. The molecule has 0 aliphatic heterocycles. The minimum atomic E-state index is 0.230. The van der Waals surface area contributed by atoms with E-state index in [-0.39, 0.29) is 6.10 Å². The Bertz CT molecular complexity index is 271. The molecule has 1 rings (SSSR count). The number of hydrogen-bond donors (Lipinski definition) is 1. The summed E-state index contributed by atoms with van der Waals surface area (Å²) in [5.41, 5.74) is 1.30. The van der Waals surface area contributed by atoms with E-state index in [0.717, 1.165) is 18.7 Å². The number of halogens is 1. The molecule has 0 aliphatic carbocycles. The molecule has 2 nitrogen and oxygen atoms in total. The van der Waals surface area contributed by atoms with E-state index in [1.807, 2.05) is 26.0 Å². The summed E-state index contributed by atoms with van der Waals surface area (Å²) in [4.78, 5) is 0. The van der Waals surface area contributed by atoms with Crippen molar-refractivity contribution in [1.29, 1.82) is 0 Å². The first-order valence-corrected chi connectivity index (χ1v) is 5.78. The van der Waals surface area contributed by atoms with E-state index in [1.54, 1.807) is 0 Å². The lowest BCUT2D eigenvalue weighted by atomic mass is 10.1. The minimum Gasteiger partial charge on any atom is -0.491 e. The molecule has 1 N–H and O–H groups in total. The summed E-state index contributed by atoms with van der Waals surface area (Å²) in [5.74, 6) is 0.930. The lowest BCUT2D eigenvalue weighted by molar-refractivity contribution is 0.242. The number of hydrogen-bond acceptors (Lipinski definition) is 2. The number of nitrogens with one attached hydrogen (secondary N) is 1. The summed E-state index contributed by atoms with van der Waals surface area (Å²) in [6.07, 6.45) is 1.23. The second-order valence-electron chi connectivity index (χ2n) is 3.69. The van der Waals surface area contributed by atoms with E-state index in [1.165, 1.54) is 5.56 Å². The Hall–Kier alpha value is -0.730. The molecule has 3 heteroatoms. The van der Waals surface area contributed by atoms with Crippen molar-refractivity contribution < 1.29 is 4.74 Å². The smallest absolute Gasteiger partial charge is 0.119 e. The molecule has 0 unspecified atom stereocenters. The second kappa shape index (κ2) is 6.70. The lowest BCUT2D eigenvalue weighted by Crippen LogP contribution is -2.14. The number of rotatable bonds is 6. The zero-order valence-electron chi connectivity index (χ0n) is 9.29.